The molecule has 0 bridgehead atoms. The summed E-state index contributed by atoms with van der Waals surface area (Å²) >= 11 is 1.45. The highest BCUT2D eigenvalue weighted by Gasteiger charge is 2.18. The number of thioether (sulfide) groups is 1. The van der Waals surface area contributed by atoms with E-state index in [4.69, 9.17) is 4.74 Å². The van der Waals surface area contributed by atoms with Crippen LogP contribution >= 0.6 is 11.8 Å². The number of nitrogens with zero attached hydrogens (tertiary/aromatic N) is 2. The molecule has 0 fully saturated rings. The summed E-state index contributed by atoms with van der Waals surface area (Å²) in [6, 6.07) is -0.283. The first-order valence-electron chi connectivity index (χ1n) is 6.64. The van der Waals surface area contributed by atoms with Gasteiger partial charge in [-0.3, -0.25) is 9.36 Å². The van der Waals surface area contributed by atoms with Crippen LogP contribution in [0.1, 0.15) is 33.2 Å². The largest absolute Gasteiger partial charge is 0.465 e. The van der Waals surface area contributed by atoms with Gasteiger partial charge in [0.25, 0.3) is 0 Å². The molecule has 1 aromatic heterocycles. The first-order valence-corrected chi connectivity index (χ1v) is 7.63. The van der Waals surface area contributed by atoms with E-state index in [1.54, 1.807) is 18.5 Å². The van der Waals surface area contributed by atoms with Gasteiger partial charge in [0.1, 0.15) is 6.04 Å². The summed E-state index contributed by atoms with van der Waals surface area (Å²) in [6.07, 6.45) is 0.610. The summed E-state index contributed by atoms with van der Waals surface area (Å²) in [7, 11) is 1.73. The number of rotatable bonds is 8. The first-order chi connectivity index (χ1) is 9.51. The number of esters is 1. The normalized spacial score (nSPS) is 12.7. The van der Waals surface area contributed by atoms with Gasteiger partial charge in [0.2, 0.25) is 0 Å². The van der Waals surface area contributed by atoms with E-state index in [-0.39, 0.29) is 23.7 Å². The zero-order valence-corrected chi connectivity index (χ0v) is 13.1. The Morgan fingerprint density at radius 1 is 1.55 bits per heavy atom. The number of carbonyl (C=O) groups is 1. The number of carbonyl (C=O) groups excluding carboxylic acids is 1. The fraction of sp³-hybridized carbons (Fsp3) is 0.750. The lowest BCUT2D eigenvalue weighted by Crippen LogP contribution is -2.36. The SMILES string of the molecule is CCOC(=O)C(CCSc1n[nH]c(=O)n1C(C)C)NC. The minimum Gasteiger partial charge on any atom is -0.465 e. The Morgan fingerprint density at radius 2 is 2.25 bits per heavy atom. The van der Waals surface area contributed by atoms with Crippen LogP contribution in [0.3, 0.4) is 0 Å². The van der Waals surface area contributed by atoms with E-state index in [0.29, 0.717) is 23.9 Å². The maximum atomic E-state index is 11.6. The Kier molecular flexibility index (Phi) is 6.80. The number of H-pyrrole nitrogens is 1. The molecule has 2 N–H and O–H groups in total. The van der Waals surface area contributed by atoms with Gasteiger partial charge in [-0.1, -0.05) is 11.8 Å². The van der Waals surface area contributed by atoms with Crippen LogP contribution < -0.4 is 11.0 Å². The van der Waals surface area contributed by atoms with Crippen molar-refractivity contribution < 1.29 is 9.53 Å². The minimum absolute atomic E-state index is 0.0499. The van der Waals surface area contributed by atoms with Crippen LogP contribution in [0.25, 0.3) is 0 Å². The van der Waals surface area contributed by atoms with Gasteiger partial charge in [-0.15, -0.1) is 5.10 Å². The van der Waals surface area contributed by atoms with Crippen LogP contribution in [0.4, 0.5) is 0 Å². The van der Waals surface area contributed by atoms with E-state index in [0.717, 1.165) is 0 Å². The lowest BCUT2D eigenvalue weighted by molar-refractivity contribution is -0.145. The van der Waals surface area contributed by atoms with E-state index in [1.807, 2.05) is 13.8 Å². The van der Waals surface area contributed by atoms with Gasteiger partial charge < -0.3 is 10.1 Å². The molecule has 114 valence electrons. The molecule has 0 aliphatic heterocycles. The molecule has 1 atom stereocenters. The lowest BCUT2D eigenvalue weighted by Gasteiger charge is -2.14. The molecule has 0 radical (unpaired) electrons. The van der Waals surface area contributed by atoms with Gasteiger partial charge in [0, 0.05) is 11.8 Å². The number of hydrogen-bond donors (Lipinski definition) is 2. The zero-order chi connectivity index (χ0) is 15.1. The third-order valence-corrected chi connectivity index (χ3v) is 3.73. The topological polar surface area (TPSA) is 89.0 Å². The smallest absolute Gasteiger partial charge is 0.344 e. The van der Waals surface area contributed by atoms with Crippen molar-refractivity contribution in [3.8, 4) is 0 Å². The quantitative estimate of drug-likeness (QED) is 0.545. The highest BCUT2D eigenvalue weighted by Crippen LogP contribution is 2.18. The fourth-order valence-corrected chi connectivity index (χ4v) is 2.82. The van der Waals surface area contributed by atoms with Gasteiger partial charge in [0.05, 0.1) is 6.61 Å². The van der Waals surface area contributed by atoms with Crippen molar-refractivity contribution in [1.82, 2.24) is 20.1 Å². The third kappa shape index (κ3) is 4.38. The van der Waals surface area contributed by atoms with Gasteiger partial charge in [-0.05, 0) is 34.2 Å². The number of likely N-dealkylation sites (N-methyl/N-ethyl adjacent to an activating group) is 1. The number of aromatic nitrogens is 3. The Bertz CT molecular complexity index is 483. The van der Waals surface area contributed by atoms with E-state index in [9.17, 15) is 9.59 Å². The van der Waals surface area contributed by atoms with Crippen LogP contribution in [0.5, 0.6) is 0 Å². The molecule has 1 heterocycles. The summed E-state index contributed by atoms with van der Waals surface area (Å²) in [5.74, 6) is 0.417. The average molecular weight is 302 g/mol. The molecule has 0 aromatic carbocycles. The second-order valence-corrected chi connectivity index (χ2v) is 5.57. The van der Waals surface area contributed by atoms with Gasteiger partial charge in [-0.25, -0.2) is 9.89 Å². The Balaban J connectivity index is 2.55. The maximum Gasteiger partial charge on any atom is 0.344 e. The third-order valence-electron chi connectivity index (χ3n) is 2.75. The van der Waals surface area contributed by atoms with E-state index < -0.39 is 0 Å². The fourth-order valence-electron chi connectivity index (χ4n) is 1.74. The highest BCUT2D eigenvalue weighted by molar-refractivity contribution is 7.99. The molecule has 0 spiro atoms. The van der Waals surface area contributed by atoms with Crippen LogP contribution in [0, 0.1) is 0 Å². The Hall–Kier alpha value is -1.28. The van der Waals surface area contributed by atoms with E-state index in [2.05, 4.69) is 15.5 Å². The standard InChI is InChI=1S/C12H22N4O3S/c1-5-19-10(17)9(13-4)6-7-20-12-15-14-11(18)16(12)8(2)3/h8-9,13H,5-7H2,1-4H3,(H,14,18). The molecule has 1 unspecified atom stereocenters. The van der Waals surface area contributed by atoms with Crippen LogP contribution in [0.15, 0.2) is 9.95 Å². The summed E-state index contributed by atoms with van der Waals surface area (Å²) in [5.41, 5.74) is -0.210. The molecule has 1 rings (SSSR count). The molecular weight excluding hydrogens is 280 g/mol. The Labute approximate surface area is 122 Å². The summed E-state index contributed by atoms with van der Waals surface area (Å²) < 4.78 is 6.58. The van der Waals surface area contributed by atoms with Crippen molar-refractivity contribution in [2.24, 2.45) is 0 Å². The zero-order valence-electron chi connectivity index (χ0n) is 12.3. The van der Waals surface area contributed by atoms with Crippen LogP contribution in [-0.4, -0.2) is 46.2 Å². The molecule has 0 amide bonds. The average Bonchev–Trinajstić information content (AvgIpc) is 2.76. The number of ether oxygens (including phenoxy) is 1. The number of aromatic amines is 1. The summed E-state index contributed by atoms with van der Waals surface area (Å²) in [5, 5.41) is 10.0. The van der Waals surface area contributed by atoms with E-state index in [1.165, 1.54) is 11.8 Å². The van der Waals surface area contributed by atoms with Crippen LogP contribution in [-0.2, 0) is 9.53 Å². The molecule has 0 aliphatic rings. The molecule has 20 heavy (non-hydrogen) atoms. The minimum atomic E-state index is -0.333. The van der Waals surface area contributed by atoms with Crippen molar-refractivity contribution >= 4 is 17.7 Å². The van der Waals surface area contributed by atoms with Crippen LogP contribution in [0.2, 0.25) is 0 Å². The van der Waals surface area contributed by atoms with Crippen molar-refractivity contribution in [3.05, 3.63) is 10.5 Å². The predicted molar refractivity (Wildman–Crippen MR) is 78.1 cm³/mol. The van der Waals surface area contributed by atoms with Crippen molar-refractivity contribution in [2.75, 3.05) is 19.4 Å². The van der Waals surface area contributed by atoms with Crippen molar-refractivity contribution in [1.29, 1.82) is 0 Å². The monoisotopic (exact) mass is 302 g/mol. The molecule has 0 aliphatic carbocycles. The van der Waals surface area contributed by atoms with E-state index >= 15 is 0 Å². The molecule has 1 aromatic rings. The maximum absolute atomic E-state index is 11.6. The summed E-state index contributed by atoms with van der Waals surface area (Å²) in [6.45, 7) is 6.01. The molecule has 7 nitrogen and oxygen atoms in total. The van der Waals surface area contributed by atoms with Gasteiger partial charge in [-0.2, -0.15) is 0 Å². The second-order valence-electron chi connectivity index (χ2n) is 4.51. The van der Waals surface area contributed by atoms with Crippen molar-refractivity contribution in [3.63, 3.8) is 0 Å². The Morgan fingerprint density at radius 3 is 2.80 bits per heavy atom. The lowest BCUT2D eigenvalue weighted by atomic mass is 10.2. The molecule has 8 heteroatoms. The van der Waals surface area contributed by atoms with Gasteiger partial charge in [0.15, 0.2) is 5.16 Å². The highest BCUT2D eigenvalue weighted by atomic mass is 32.2. The molecule has 0 saturated carbocycles. The number of hydrogen-bond acceptors (Lipinski definition) is 6. The first kappa shape index (κ1) is 16.8. The predicted octanol–water partition coefficient (Wildman–Crippen LogP) is 0.786. The number of nitrogens with one attached hydrogen (secondary N) is 2. The second kappa shape index (κ2) is 8.11. The summed E-state index contributed by atoms with van der Waals surface area (Å²) in [4.78, 5) is 23.2. The van der Waals surface area contributed by atoms with Gasteiger partial charge >= 0.3 is 11.7 Å². The molecule has 0 saturated heterocycles. The molecular formula is C12H22N4O3S. The van der Waals surface area contributed by atoms with Crippen molar-refractivity contribution in [2.45, 2.75) is 44.4 Å².